The average molecular weight is 304 g/mol. The third kappa shape index (κ3) is 3.42. The maximum atomic E-state index is 12.8. The zero-order chi connectivity index (χ0) is 15.5. The van der Waals surface area contributed by atoms with Crippen molar-refractivity contribution in [1.82, 2.24) is 10.9 Å². The minimum Gasteiger partial charge on any atom is -0.299 e. The molecular formula is C17H21FN2O2. The lowest BCUT2D eigenvalue weighted by atomic mass is 9.76. The molecule has 0 bridgehead atoms. The number of halogens is 1. The molecule has 0 spiro atoms. The van der Waals surface area contributed by atoms with Crippen LogP contribution >= 0.6 is 0 Å². The van der Waals surface area contributed by atoms with Gasteiger partial charge in [0.1, 0.15) is 11.6 Å². The van der Waals surface area contributed by atoms with Crippen LogP contribution in [0.2, 0.25) is 0 Å². The van der Waals surface area contributed by atoms with Gasteiger partial charge in [0.2, 0.25) is 0 Å². The molecule has 0 radical (unpaired) electrons. The second-order valence-corrected chi connectivity index (χ2v) is 6.30. The number of fused-ring (bicyclic) bond motifs is 1. The number of carbonyl (C=O) groups excluding carboxylic acids is 2. The molecule has 5 heteroatoms. The molecule has 3 rings (SSSR count). The smallest absolute Gasteiger partial charge is 0.163 e. The van der Waals surface area contributed by atoms with Gasteiger partial charge in [0.25, 0.3) is 0 Å². The molecule has 1 aliphatic carbocycles. The fourth-order valence-corrected chi connectivity index (χ4v) is 3.51. The molecule has 1 heterocycles. The summed E-state index contributed by atoms with van der Waals surface area (Å²) >= 11 is 0. The van der Waals surface area contributed by atoms with Crippen molar-refractivity contribution in [2.45, 2.75) is 38.1 Å². The van der Waals surface area contributed by atoms with E-state index in [-0.39, 0.29) is 29.7 Å². The Bertz CT molecular complexity index is 558. The van der Waals surface area contributed by atoms with Gasteiger partial charge >= 0.3 is 0 Å². The van der Waals surface area contributed by atoms with E-state index in [4.69, 9.17) is 0 Å². The largest absolute Gasteiger partial charge is 0.299 e. The van der Waals surface area contributed by atoms with Gasteiger partial charge in [-0.3, -0.25) is 20.4 Å². The molecule has 2 fully saturated rings. The lowest BCUT2D eigenvalue weighted by Crippen LogP contribution is -2.37. The minimum absolute atomic E-state index is 0.0870. The van der Waals surface area contributed by atoms with Crippen molar-refractivity contribution in [1.29, 1.82) is 0 Å². The van der Waals surface area contributed by atoms with Crippen LogP contribution in [0.1, 0.15) is 42.5 Å². The van der Waals surface area contributed by atoms with Gasteiger partial charge in [-0.25, -0.2) is 4.39 Å². The number of hydrazine groups is 1. The fourth-order valence-electron chi connectivity index (χ4n) is 3.51. The van der Waals surface area contributed by atoms with Crippen LogP contribution in [0.15, 0.2) is 24.3 Å². The van der Waals surface area contributed by atoms with Gasteiger partial charge in [-0.15, -0.1) is 0 Å². The fraction of sp³-hybridized carbons (Fsp3) is 0.529. The predicted molar refractivity (Wildman–Crippen MR) is 80.7 cm³/mol. The Kier molecular flexibility index (Phi) is 4.64. The number of Topliss-reactive ketones (excluding diaryl/α,β-unsaturated/α-hetero) is 2. The summed E-state index contributed by atoms with van der Waals surface area (Å²) in [6, 6.07) is 5.99. The molecule has 4 nitrogen and oxygen atoms in total. The summed E-state index contributed by atoms with van der Waals surface area (Å²) in [6.45, 7) is 0.920. The van der Waals surface area contributed by atoms with Crippen molar-refractivity contribution < 1.29 is 14.0 Å². The lowest BCUT2D eigenvalue weighted by molar-refractivity contribution is -0.124. The van der Waals surface area contributed by atoms with Crippen LogP contribution in [0, 0.1) is 17.7 Å². The summed E-state index contributed by atoms with van der Waals surface area (Å²) < 4.78 is 12.8. The highest BCUT2D eigenvalue weighted by Crippen LogP contribution is 2.32. The summed E-state index contributed by atoms with van der Waals surface area (Å²) in [7, 11) is 0. The van der Waals surface area contributed by atoms with Crippen molar-refractivity contribution in [3.05, 3.63) is 35.6 Å². The zero-order valence-electron chi connectivity index (χ0n) is 12.5. The molecule has 1 aliphatic heterocycles. The van der Waals surface area contributed by atoms with Crippen molar-refractivity contribution in [2.24, 2.45) is 11.8 Å². The summed E-state index contributed by atoms with van der Waals surface area (Å²) in [5.74, 6) is 0.356. The highest BCUT2D eigenvalue weighted by Gasteiger charge is 2.36. The maximum absolute atomic E-state index is 12.8. The molecule has 1 saturated carbocycles. The van der Waals surface area contributed by atoms with Gasteiger partial charge in [-0.1, -0.05) is 0 Å². The Labute approximate surface area is 129 Å². The van der Waals surface area contributed by atoms with Gasteiger partial charge in [0.15, 0.2) is 5.78 Å². The summed E-state index contributed by atoms with van der Waals surface area (Å²) in [5, 5.41) is 0. The predicted octanol–water partition coefficient (Wildman–Crippen LogP) is 2.25. The van der Waals surface area contributed by atoms with E-state index in [1.165, 1.54) is 24.3 Å². The first kappa shape index (κ1) is 15.3. The number of benzene rings is 1. The summed E-state index contributed by atoms with van der Waals surface area (Å²) in [6.07, 6.45) is 3.33. The molecule has 118 valence electrons. The molecule has 3 atom stereocenters. The molecule has 22 heavy (non-hydrogen) atoms. The molecule has 2 aliphatic rings. The average Bonchev–Trinajstić information content (AvgIpc) is 3.00. The van der Waals surface area contributed by atoms with Crippen LogP contribution in [0.4, 0.5) is 4.39 Å². The van der Waals surface area contributed by atoms with Crippen LogP contribution in [0.5, 0.6) is 0 Å². The Morgan fingerprint density at radius 3 is 2.68 bits per heavy atom. The second-order valence-electron chi connectivity index (χ2n) is 6.30. The van der Waals surface area contributed by atoms with E-state index in [2.05, 4.69) is 10.9 Å². The van der Waals surface area contributed by atoms with Crippen LogP contribution in [0.3, 0.4) is 0 Å². The van der Waals surface area contributed by atoms with E-state index in [1.807, 2.05) is 0 Å². The lowest BCUT2D eigenvalue weighted by Gasteiger charge is -2.29. The summed E-state index contributed by atoms with van der Waals surface area (Å²) in [4.78, 5) is 24.4. The molecule has 2 N–H and O–H groups in total. The molecular weight excluding hydrogens is 283 g/mol. The number of nitrogens with one attached hydrogen (secondary N) is 2. The number of hydrogen-bond donors (Lipinski definition) is 2. The normalized spacial score (nSPS) is 27.4. The van der Waals surface area contributed by atoms with E-state index in [1.54, 1.807) is 0 Å². The molecule has 0 aromatic heterocycles. The van der Waals surface area contributed by atoms with Gasteiger partial charge in [0.05, 0.1) is 0 Å². The highest BCUT2D eigenvalue weighted by molar-refractivity contribution is 5.98. The molecule has 1 saturated heterocycles. The topological polar surface area (TPSA) is 58.2 Å². The third-order valence-corrected chi connectivity index (χ3v) is 4.85. The molecule has 3 unspecified atom stereocenters. The van der Waals surface area contributed by atoms with E-state index < -0.39 is 0 Å². The van der Waals surface area contributed by atoms with Gasteiger partial charge in [0, 0.05) is 36.9 Å². The van der Waals surface area contributed by atoms with Crippen LogP contribution in [-0.4, -0.2) is 24.2 Å². The van der Waals surface area contributed by atoms with Gasteiger partial charge < -0.3 is 0 Å². The first-order valence-electron chi connectivity index (χ1n) is 7.93. The number of ketones is 2. The quantitative estimate of drug-likeness (QED) is 0.819. The summed E-state index contributed by atoms with van der Waals surface area (Å²) in [5.41, 5.74) is 6.88. The van der Waals surface area contributed by atoms with E-state index in [0.29, 0.717) is 23.9 Å². The Balaban J connectivity index is 1.49. The Morgan fingerprint density at radius 1 is 1.14 bits per heavy atom. The SMILES string of the molecule is O=C(CCC(=O)C1CCC2NNCC2C1)c1ccc(F)cc1. The first-order valence-corrected chi connectivity index (χ1v) is 7.93. The highest BCUT2D eigenvalue weighted by atomic mass is 19.1. The van der Waals surface area contributed by atoms with Crippen molar-refractivity contribution in [3.63, 3.8) is 0 Å². The molecule has 0 amide bonds. The van der Waals surface area contributed by atoms with Crippen LogP contribution < -0.4 is 10.9 Å². The van der Waals surface area contributed by atoms with Crippen molar-refractivity contribution in [3.8, 4) is 0 Å². The number of hydrogen-bond acceptors (Lipinski definition) is 4. The van der Waals surface area contributed by atoms with Crippen molar-refractivity contribution in [2.75, 3.05) is 6.54 Å². The van der Waals surface area contributed by atoms with Crippen molar-refractivity contribution >= 4 is 11.6 Å². The third-order valence-electron chi connectivity index (χ3n) is 4.85. The second kappa shape index (κ2) is 6.67. The van der Waals surface area contributed by atoms with Gasteiger partial charge in [-0.2, -0.15) is 0 Å². The Hall–Kier alpha value is -1.59. The number of rotatable bonds is 5. The maximum Gasteiger partial charge on any atom is 0.163 e. The van der Waals surface area contributed by atoms with Gasteiger partial charge in [-0.05, 0) is 49.4 Å². The van der Waals surface area contributed by atoms with Crippen LogP contribution in [-0.2, 0) is 4.79 Å². The standard InChI is InChI=1S/C17H21FN2O2/c18-14-4-1-11(2-5-14)16(21)7-8-17(22)12-3-6-15-13(9-12)10-19-20-15/h1-2,4-5,12-13,15,19-20H,3,6-10H2. The molecule has 1 aromatic rings. The molecule has 1 aromatic carbocycles. The zero-order valence-corrected chi connectivity index (χ0v) is 12.5. The number of carbonyl (C=O) groups is 2. The monoisotopic (exact) mass is 304 g/mol. The van der Waals surface area contributed by atoms with E-state index in [9.17, 15) is 14.0 Å². The van der Waals surface area contributed by atoms with E-state index >= 15 is 0 Å². The Morgan fingerprint density at radius 2 is 1.91 bits per heavy atom. The minimum atomic E-state index is -0.358. The van der Waals surface area contributed by atoms with E-state index in [0.717, 1.165) is 25.8 Å². The first-order chi connectivity index (χ1) is 10.6. The van der Waals surface area contributed by atoms with Crippen LogP contribution in [0.25, 0.3) is 0 Å².